The molecule has 1 aromatic rings. The second-order valence-corrected chi connectivity index (χ2v) is 6.42. The molecule has 1 aliphatic heterocycles. The summed E-state index contributed by atoms with van der Waals surface area (Å²) >= 11 is 5.16. The number of phenolic OH excluding ortho intramolecular Hbond substituents is 1. The minimum atomic E-state index is -0.577. The second kappa shape index (κ2) is 5.61. The highest BCUT2D eigenvalue weighted by Gasteiger charge is 2.30. The van der Waals surface area contributed by atoms with Gasteiger partial charge < -0.3 is 15.5 Å². The fourth-order valence-corrected chi connectivity index (χ4v) is 3.56. The monoisotopic (exact) mass is 317 g/mol. The zero-order valence-electron chi connectivity index (χ0n) is 9.45. The average molecular weight is 318 g/mol. The lowest BCUT2D eigenvalue weighted by Crippen LogP contribution is -2.40. The maximum Gasteiger partial charge on any atom is 0.120 e. The van der Waals surface area contributed by atoms with Crippen molar-refractivity contribution in [3.05, 3.63) is 28.2 Å². The topological polar surface area (TPSA) is 52.5 Å². The molecule has 0 saturated carbocycles. The van der Waals surface area contributed by atoms with Gasteiger partial charge in [0.25, 0.3) is 0 Å². The summed E-state index contributed by atoms with van der Waals surface area (Å²) in [6, 6.07) is 5.36. The molecule has 94 valence electrons. The van der Waals surface area contributed by atoms with Crippen LogP contribution >= 0.6 is 27.7 Å². The summed E-state index contributed by atoms with van der Waals surface area (Å²) in [6.45, 7) is 1.14. The lowest BCUT2D eigenvalue weighted by molar-refractivity contribution is 0.0674. The van der Waals surface area contributed by atoms with Crippen LogP contribution in [-0.2, 0) is 6.54 Å². The van der Waals surface area contributed by atoms with Gasteiger partial charge in [0.15, 0.2) is 0 Å². The summed E-state index contributed by atoms with van der Waals surface area (Å²) in [5.74, 6) is 2.11. The first-order valence-corrected chi connectivity index (χ1v) is 7.52. The molecule has 1 unspecified atom stereocenters. The van der Waals surface area contributed by atoms with Crippen LogP contribution in [0.15, 0.2) is 22.7 Å². The second-order valence-electron chi connectivity index (χ2n) is 4.40. The van der Waals surface area contributed by atoms with Crippen LogP contribution in [0.2, 0.25) is 0 Å². The molecule has 2 rings (SSSR count). The Labute approximate surface area is 114 Å². The zero-order chi connectivity index (χ0) is 12.3. The maximum absolute atomic E-state index is 10.1. The number of thioether (sulfide) groups is 1. The van der Waals surface area contributed by atoms with Gasteiger partial charge in [0, 0.05) is 28.9 Å². The number of aliphatic hydroxyl groups is 1. The molecule has 1 aliphatic rings. The smallest absolute Gasteiger partial charge is 0.120 e. The van der Waals surface area contributed by atoms with Crippen LogP contribution in [0.25, 0.3) is 0 Å². The molecule has 0 amide bonds. The van der Waals surface area contributed by atoms with E-state index in [-0.39, 0.29) is 5.75 Å². The van der Waals surface area contributed by atoms with Crippen LogP contribution in [0.3, 0.4) is 0 Å². The first-order valence-electron chi connectivity index (χ1n) is 5.57. The predicted octanol–water partition coefficient (Wildman–Crippen LogP) is 2.11. The van der Waals surface area contributed by atoms with E-state index < -0.39 is 5.60 Å². The normalized spacial score (nSPS) is 24.1. The molecule has 0 aliphatic carbocycles. The Bertz CT molecular complexity index is 394. The third kappa shape index (κ3) is 3.61. The number of rotatable bonds is 4. The minimum absolute atomic E-state index is 0.286. The summed E-state index contributed by atoms with van der Waals surface area (Å²) in [6.07, 6.45) is 0.842. The molecule has 0 radical (unpaired) electrons. The van der Waals surface area contributed by atoms with E-state index in [0.717, 1.165) is 28.0 Å². The summed E-state index contributed by atoms with van der Waals surface area (Å²) in [5.41, 5.74) is 0.264. The van der Waals surface area contributed by atoms with Gasteiger partial charge in [-0.15, -0.1) is 0 Å². The van der Waals surface area contributed by atoms with E-state index in [1.54, 1.807) is 23.9 Å². The van der Waals surface area contributed by atoms with Crippen molar-refractivity contribution in [3.8, 4) is 5.75 Å². The standard InChI is InChI=1S/C12H16BrNO2S/c13-10-1-2-11(15)9(5-10)6-14-7-12(16)3-4-17-8-12/h1-2,5,14-16H,3-4,6-8H2. The summed E-state index contributed by atoms with van der Waals surface area (Å²) in [7, 11) is 0. The van der Waals surface area contributed by atoms with Crippen molar-refractivity contribution in [2.24, 2.45) is 0 Å². The van der Waals surface area contributed by atoms with Gasteiger partial charge in [0.1, 0.15) is 5.75 Å². The average Bonchev–Trinajstić information content (AvgIpc) is 2.71. The van der Waals surface area contributed by atoms with Crippen molar-refractivity contribution in [1.29, 1.82) is 0 Å². The number of hydrogen-bond donors (Lipinski definition) is 3. The van der Waals surface area contributed by atoms with Crippen LogP contribution in [0.5, 0.6) is 5.75 Å². The van der Waals surface area contributed by atoms with E-state index in [1.807, 2.05) is 6.07 Å². The fourth-order valence-electron chi connectivity index (χ4n) is 1.86. The molecule has 1 aromatic carbocycles. The highest BCUT2D eigenvalue weighted by Crippen LogP contribution is 2.27. The van der Waals surface area contributed by atoms with Crippen molar-refractivity contribution in [2.75, 3.05) is 18.1 Å². The molecule has 1 atom stereocenters. The van der Waals surface area contributed by atoms with Crippen LogP contribution in [0.1, 0.15) is 12.0 Å². The zero-order valence-corrected chi connectivity index (χ0v) is 11.9. The Hall–Kier alpha value is -0.230. The van der Waals surface area contributed by atoms with E-state index in [4.69, 9.17) is 0 Å². The molecule has 1 heterocycles. The predicted molar refractivity (Wildman–Crippen MR) is 74.4 cm³/mol. The quantitative estimate of drug-likeness (QED) is 0.796. The van der Waals surface area contributed by atoms with Gasteiger partial charge in [0.2, 0.25) is 0 Å². The van der Waals surface area contributed by atoms with Crippen molar-refractivity contribution in [2.45, 2.75) is 18.6 Å². The van der Waals surface area contributed by atoms with Gasteiger partial charge in [-0.05, 0) is 30.4 Å². The third-order valence-electron chi connectivity index (χ3n) is 2.89. The Morgan fingerprint density at radius 2 is 2.29 bits per heavy atom. The molecule has 0 aromatic heterocycles. The fraction of sp³-hybridized carbons (Fsp3) is 0.500. The molecule has 0 spiro atoms. The lowest BCUT2D eigenvalue weighted by atomic mass is 10.0. The Morgan fingerprint density at radius 1 is 1.47 bits per heavy atom. The molecule has 5 heteroatoms. The first-order chi connectivity index (χ1) is 8.09. The van der Waals surface area contributed by atoms with Gasteiger partial charge in [-0.3, -0.25) is 0 Å². The summed E-state index contributed by atoms with van der Waals surface area (Å²) in [5, 5.41) is 23.0. The Balaban J connectivity index is 1.87. The van der Waals surface area contributed by atoms with Crippen molar-refractivity contribution in [3.63, 3.8) is 0 Å². The molecule has 1 fully saturated rings. The number of phenols is 1. The van der Waals surface area contributed by atoms with E-state index >= 15 is 0 Å². The van der Waals surface area contributed by atoms with Gasteiger partial charge in [-0.1, -0.05) is 15.9 Å². The lowest BCUT2D eigenvalue weighted by Gasteiger charge is -2.21. The number of hydrogen-bond acceptors (Lipinski definition) is 4. The first kappa shape index (κ1) is 13.2. The van der Waals surface area contributed by atoms with Crippen LogP contribution in [-0.4, -0.2) is 33.9 Å². The molecular formula is C12H16BrNO2S. The van der Waals surface area contributed by atoms with Crippen molar-refractivity contribution < 1.29 is 10.2 Å². The number of benzene rings is 1. The van der Waals surface area contributed by atoms with Gasteiger partial charge in [-0.2, -0.15) is 11.8 Å². The van der Waals surface area contributed by atoms with E-state index in [0.29, 0.717) is 13.1 Å². The van der Waals surface area contributed by atoms with E-state index in [9.17, 15) is 10.2 Å². The highest BCUT2D eigenvalue weighted by atomic mass is 79.9. The van der Waals surface area contributed by atoms with Gasteiger partial charge in [-0.25, -0.2) is 0 Å². The van der Waals surface area contributed by atoms with Gasteiger partial charge in [0.05, 0.1) is 5.60 Å². The summed E-state index contributed by atoms with van der Waals surface area (Å²) < 4.78 is 0.947. The maximum atomic E-state index is 10.1. The molecule has 1 saturated heterocycles. The SMILES string of the molecule is Oc1ccc(Br)cc1CNCC1(O)CCSC1. The summed E-state index contributed by atoms with van der Waals surface area (Å²) in [4.78, 5) is 0. The van der Waals surface area contributed by atoms with Crippen LogP contribution in [0.4, 0.5) is 0 Å². The third-order valence-corrected chi connectivity index (χ3v) is 4.62. The van der Waals surface area contributed by atoms with Crippen LogP contribution in [0, 0.1) is 0 Å². The molecular weight excluding hydrogens is 302 g/mol. The molecule has 3 nitrogen and oxygen atoms in total. The van der Waals surface area contributed by atoms with E-state index in [2.05, 4.69) is 21.2 Å². The largest absolute Gasteiger partial charge is 0.508 e. The Kier molecular flexibility index (Phi) is 4.36. The molecule has 0 bridgehead atoms. The highest BCUT2D eigenvalue weighted by molar-refractivity contribution is 9.10. The number of halogens is 1. The van der Waals surface area contributed by atoms with Crippen molar-refractivity contribution >= 4 is 27.7 Å². The van der Waals surface area contributed by atoms with Crippen LogP contribution < -0.4 is 5.32 Å². The van der Waals surface area contributed by atoms with Gasteiger partial charge >= 0.3 is 0 Å². The molecule has 3 N–H and O–H groups in total. The van der Waals surface area contributed by atoms with Crippen molar-refractivity contribution in [1.82, 2.24) is 5.32 Å². The minimum Gasteiger partial charge on any atom is -0.508 e. The number of aromatic hydroxyl groups is 1. The Morgan fingerprint density at radius 3 is 3.00 bits per heavy atom. The number of nitrogens with one attached hydrogen (secondary N) is 1. The molecule has 17 heavy (non-hydrogen) atoms. The van der Waals surface area contributed by atoms with E-state index in [1.165, 1.54) is 0 Å².